The zero-order chi connectivity index (χ0) is 15.6. The molecule has 2 unspecified atom stereocenters. The Kier molecular flexibility index (Phi) is 4.40. The van der Waals surface area contributed by atoms with Gasteiger partial charge >= 0.3 is 0 Å². The third-order valence-corrected chi connectivity index (χ3v) is 4.65. The van der Waals surface area contributed by atoms with Crippen LogP contribution >= 0.6 is 0 Å². The number of aliphatic hydroxyl groups is 1. The van der Waals surface area contributed by atoms with Crippen molar-refractivity contribution in [2.24, 2.45) is 7.05 Å². The molecule has 2 atom stereocenters. The van der Waals surface area contributed by atoms with Crippen LogP contribution in [0.25, 0.3) is 0 Å². The van der Waals surface area contributed by atoms with E-state index in [2.05, 4.69) is 14.9 Å². The molecule has 0 spiro atoms. The van der Waals surface area contributed by atoms with E-state index in [1.54, 1.807) is 37.6 Å². The number of benzene rings is 1. The molecule has 0 amide bonds. The molecule has 8 heteroatoms. The van der Waals surface area contributed by atoms with E-state index in [0.29, 0.717) is 11.4 Å². The normalized spacial score (nSPS) is 14.9. The van der Waals surface area contributed by atoms with Crippen molar-refractivity contribution < 1.29 is 13.5 Å². The van der Waals surface area contributed by atoms with Gasteiger partial charge in [-0.3, -0.25) is 0 Å². The first-order valence-electron chi connectivity index (χ1n) is 6.45. The Labute approximate surface area is 123 Å². The highest BCUT2D eigenvalue weighted by Crippen LogP contribution is 2.19. The van der Waals surface area contributed by atoms with E-state index in [-0.39, 0.29) is 4.90 Å². The summed E-state index contributed by atoms with van der Waals surface area (Å²) in [6, 6.07) is 5.70. The number of rotatable bonds is 5. The van der Waals surface area contributed by atoms with E-state index in [1.165, 1.54) is 18.5 Å². The molecule has 0 aliphatic heterocycles. The first-order chi connectivity index (χ1) is 9.81. The van der Waals surface area contributed by atoms with Gasteiger partial charge in [0.2, 0.25) is 10.0 Å². The summed E-state index contributed by atoms with van der Waals surface area (Å²) in [5, 5.41) is 17.2. The van der Waals surface area contributed by atoms with Crippen molar-refractivity contribution in [1.29, 1.82) is 0 Å². The summed E-state index contributed by atoms with van der Waals surface area (Å²) in [5.74, 6) is 0.519. The highest BCUT2D eigenvalue weighted by molar-refractivity contribution is 7.89. The molecule has 0 aliphatic rings. The molecule has 1 heterocycles. The van der Waals surface area contributed by atoms with Crippen LogP contribution in [0.2, 0.25) is 0 Å². The van der Waals surface area contributed by atoms with Gasteiger partial charge in [-0.2, -0.15) is 0 Å². The van der Waals surface area contributed by atoms with Crippen molar-refractivity contribution >= 4 is 10.0 Å². The Morgan fingerprint density at radius 1 is 1.33 bits per heavy atom. The highest BCUT2D eigenvalue weighted by Gasteiger charge is 2.21. The zero-order valence-corrected chi connectivity index (χ0v) is 12.9. The van der Waals surface area contributed by atoms with Crippen LogP contribution in [0.15, 0.2) is 35.5 Å². The molecule has 2 N–H and O–H groups in total. The Morgan fingerprint density at radius 2 is 2.05 bits per heavy atom. The van der Waals surface area contributed by atoms with Gasteiger partial charge in [-0.1, -0.05) is 12.1 Å². The number of sulfonamides is 1. The quantitative estimate of drug-likeness (QED) is 0.855. The SMILES string of the molecule is CC(O)c1cccc(S(=O)(=O)NC(C)c2nncn2C)c1. The molecule has 0 saturated carbocycles. The third-order valence-electron chi connectivity index (χ3n) is 3.12. The Hall–Kier alpha value is -1.77. The van der Waals surface area contributed by atoms with Gasteiger partial charge in [-0.05, 0) is 31.5 Å². The van der Waals surface area contributed by atoms with Crippen molar-refractivity contribution in [1.82, 2.24) is 19.5 Å². The van der Waals surface area contributed by atoms with Crippen LogP contribution in [-0.4, -0.2) is 28.3 Å². The van der Waals surface area contributed by atoms with Crippen LogP contribution in [0.1, 0.15) is 37.4 Å². The molecule has 0 bridgehead atoms. The standard InChI is InChI=1S/C13H18N4O3S/c1-9(13-15-14-8-17(13)3)16-21(19,20)12-6-4-5-11(7-12)10(2)18/h4-10,16,18H,1-3H3. The number of nitrogens with zero attached hydrogens (tertiary/aromatic N) is 3. The number of aromatic nitrogens is 3. The maximum absolute atomic E-state index is 12.4. The fraction of sp³-hybridized carbons (Fsp3) is 0.385. The van der Waals surface area contributed by atoms with Gasteiger partial charge in [0.1, 0.15) is 12.2 Å². The zero-order valence-electron chi connectivity index (χ0n) is 12.1. The van der Waals surface area contributed by atoms with Crippen molar-refractivity contribution in [3.63, 3.8) is 0 Å². The van der Waals surface area contributed by atoms with Gasteiger partial charge in [0.15, 0.2) is 0 Å². The van der Waals surface area contributed by atoms with Crippen LogP contribution in [0.3, 0.4) is 0 Å². The molecule has 2 aromatic rings. The molecule has 7 nitrogen and oxygen atoms in total. The molecule has 2 rings (SSSR count). The lowest BCUT2D eigenvalue weighted by molar-refractivity contribution is 0.199. The summed E-state index contributed by atoms with van der Waals surface area (Å²) in [5.41, 5.74) is 0.546. The molecule has 0 radical (unpaired) electrons. The number of hydrogen-bond donors (Lipinski definition) is 2. The molecule has 114 valence electrons. The average molecular weight is 310 g/mol. The van der Waals surface area contributed by atoms with Gasteiger partial charge in [-0.15, -0.1) is 10.2 Å². The van der Waals surface area contributed by atoms with Crippen LogP contribution in [0.4, 0.5) is 0 Å². The maximum atomic E-state index is 12.4. The number of aryl methyl sites for hydroxylation is 1. The predicted octanol–water partition coefficient (Wildman–Crippen LogP) is 0.908. The summed E-state index contributed by atoms with van der Waals surface area (Å²) < 4.78 is 28.9. The highest BCUT2D eigenvalue weighted by atomic mass is 32.2. The minimum Gasteiger partial charge on any atom is -0.389 e. The average Bonchev–Trinajstić information content (AvgIpc) is 2.85. The van der Waals surface area contributed by atoms with Crippen LogP contribution in [-0.2, 0) is 17.1 Å². The van der Waals surface area contributed by atoms with Crippen LogP contribution < -0.4 is 4.72 Å². The van der Waals surface area contributed by atoms with Gasteiger partial charge in [0, 0.05) is 7.05 Å². The second-order valence-electron chi connectivity index (χ2n) is 4.89. The van der Waals surface area contributed by atoms with Crippen LogP contribution in [0.5, 0.6) is 0 Å². The Morgan fingerprint density at radius 3 is 2.62 bits per heavy atom. The first-order valence-corrected chi connectivity index (χ1v) is 7.94. The molecular weight excluding hydrogens is 292 g/mol. The molecule has 21 heavy (non-hydrogen) atoms. The van der Waals surface area contributed by atoms with Gasteiger partial charge < -0.3 is 9.67 Å². The minimum absolute atomic E-state index is 0.106. The number of hydrogen-bond acceptors (Lipinski definition) is 5. The summed E-state index contributed by atoms with van der Waals surface area (Å²) in [6.45, 7) is 3.28. The Bertz CT molecular complexity index is 725. The van der Waals surface area contributed by atoms with E-state index in [4.69, 9.17) is 0 Å². The van der Waals surface area contributed by atoms with E-state index >= 15 is 0 Å². The van der Waals surface area contributed by atoms with E-state index in [0.717, 1.165) is 0 Å². The fourth-order valence-electron chi connectivity index (χ4n) is 1.98. The topological polar surface area (TPSA) is 97.1 Å². The van der Waals surface area contributed by atoms with Crippen molar-refractivity contribution in [3.8, 4) is 0 Å². The second kappa shape index (κ2) is 5.92. The maximum Gasteiger partial charge on any atom is 0.241 e. The van der Waals surface area contributed by atoms with Gasteiger partial charge in [0.05, 0.1) is 17.0 Å². The van der Waals surface area contributed by atoms with Crippen molar-refractivity contribution in [3.05, 3.63) is 42.0 Å². The molecule has 0 fully saturated rings. The lowest BCUT2D eigenvalue weighted by Gasteiger charge is -2.14. The fourth-order valence-corrected chi connectivity index (χ4v) is 3.24. The molecular formula is C13H18N4O3S. The summed E-state index contributed by atoms with van der Waals surface area (Å²) in [7, 11) is -1.96. The second-order valence-corrected chi connectivity index (χ2v) is 6.61. The monoisotopic (exact) mass is 310 g/mol. The predicted molar refractivity (Wildman–Crippen MR) is 76.8 cm³/mol. The lowest BCUT2D eigenvalue weighted by Crippen LogP contribution is -2.28. The van der Waals surface area contributed by atoms with E-state index in [9.17, 15) is 13.5 Å². The van der Waals surface area contributed by atoms with Crippen molar-refractivity contribution in [2.75, 3.05) is 0 Å². The summed E-state index contributed by atoms with van der Waals surface area (Å²) in [4.78, 5) is 0.106. The lowest BCUT2D eigenvalue weighted by atomic mass is 10.1. The smallest absolute Gasteiger partial charge is 0.241 e. The van der Waals surface area contributed by atoms with E-state index in [1.807, 2.05) is 0 Å². The first kappa shape index (κ1) is 15.6. The molecule has 0 saturated heterocycles. The summed E-state index contributed by atoms with van der Waals surface area (Å²) >= 11 is 0. The Balaban J connectivity index is 2.26. The van der Waals surface area contributed by atoms with Gasteiger partial charge in [0.25, 0.3) is 0 Å². The third kappa shape index (κ3) is 3.46. The number of nitrogens with one attached hydrogen (secondary N) is 1. The largest absolute Gasteiger partial charge is 0.389 e. The number of aliphatic hydroxyl groups excluding tert-OH is 1. The van der Waals surface area contributed by atoms with E-state index < -0.39 is 22.2 Å². The molecule has 1 aromatic carbocycles. The minimum atomic E-state index is -3.70. The summed E-state index contributed by atoms with van der Waals surface area (Å²) in [6.07, 6.45) is 0.782. The van der Waals surface area contributed by atoms with Gasteiger partial charge in [-0.25, -0.2) is 13.1 Å². The molecule has 0 aliphatic carbocycles. The molecule has 1 aromatic heterocycles. The van der Waals surface area contributed by atoms with Crippen LogP contribution in [0, 0.1) is 0 Å². The van der Waals surface area contributed by atoms with Crippen molar-refractivity contribution in [2.45, 2.75) is 30.9 Å².